The van der Waals surface area contributed by atoms with Gasteiger partial charge in [0.15, 0.2) is 12.4 Å². The van der Waals surface area contributed by atoms with Crippen LogP contribution in [0.3, 0.4) is 0 Å². The van der Waals surface area contributed by atoms with Gasteiger partial charge in [-0.3, -0.25) is 4.79 Å². The zero-order chi connectivity index (χ0) is 13.9. The smallest absolute Gasteiger partial charge is 0.479 e. The van der Waals surface area contributed by atoms with Crippen molar-refractivity contribution in [2.75, 3.05) is 0 Å². The summed E-state index contributed by atoms with van der Waals surface area (Å²) in [6, 6.07) is 2.90. The molecule has 0 aliphatic heterocycles. The lowest BCUT2D eigenvalue weighted by atomic mass is 10.0. The number of halogens is 3. The minimum atomic E-state index is -5.02. The zero-order valence-corrected chi connectivity index (χ0v) is 8.64. The summed E-state index contributed by atoms with van der Waals surface area (Å²) in [7, 11) is 0. The van der Waals surface area contributed by atoms with E-state index >= 15 is 0 Å². The Morgan fingerprint density at radius 1 is 1.39 bits per heavy atom. The maximum Gasteiger partial charge on any atom is 0.573 e. The van der Waals surface area contributed by atoms with Crippen molar-refractivity contribution in [1.29, 1.82) is 0 Å². The highest BCUT2D eigenvalue weighted by atomic mass is 19.4. The number of carboxylic acids is 1. The molecule has 1 aromatic rings. The molecule has 0 aliphatic rings. The predicted molar refractivity (Wildman–Crippen MR) is 51.1 cm³/mol. The third-order valence-electron chi connectivity index (χ3n) is 1.97. The number of aliphatic hydroxyl groups is 1. The number of carboxylic acid groups (broad SMARTS) is 1. The lowest BCUT2D eigenvalue weighted by Crippen LogP contribution is -2.19. The Bertz CT molecular complexity index is 469. The first-order valence-corrected chi connectivity index (χ1v) is 4.51. The highest BCUT2D eigenvalue weighted by Crippen LogP contribution is 2.30. The normalized spacial score (nSPS) is 12.9. The topological polar surface area (TPSA) is 83.8 Å². The number of rotatable bonds is 4. The molecule has 0 radical (unpaired) electrons. The molecule has 0 saturated carbocycles. The van der Waals surface area contributed by atoms with Gasteiger partial charge < -0.3 is 14.9 Å². The first kappa shape index (κ1) is 14.0. The van der Waals surface area contributed by atoms with Gasteiger partial charge in [-0.15, -0.1) is 13.2 Å². The molecule has 98 valence electrons. The minimum absolute atomic E-state index is 0.0113. The molecule has 1 rings (SSSR count). The quantitative estimate of drug-likeness (QED) is 0.805. The molecule has 2 N–H and O–H groups in total. The Morgan fingerprint density at radius 2 is 2.00 bits per heavy atom. The van der Waals surface area contributed by atoms with Gasteiger partial charge in [0.25, 0.3) is 0 Å². The van der Waals surface area contributed by atoms with Gasteiger partial charge in [0.2, 0.25) is 0 Å². The maximum atomic E-state index is 12.0. The monoisotopic (exact) mass is 264 g/mol. The standard InChI is InChI=1S/C10H7F3O5/c11-10(12,13)18-7-3-1-2-5(6(7)4-14)8(15)9(16)17/h1-4,8,15H,(H,16,17). The van der Waals surface area contributed by atoms with E-state index in [-0.39, 0.29) is 6.29 Å². The van der Waals surface area contributed by atoms with Crippen LogP contribution in [0.25, 0.3) is 0 Å². The van der Waals surface area contributed by atoms with Crippen molar-refractivity contribution in [2.45, 2.75) is 12.5 Å². The van der Waals surface area contributed by atoms with Crippen molar-refractivity contribution in [3.63, 3.8) is 0 Å². The SMILES string of the molecule is O=Cc1c(OC(F)(F)F)cccc1C(O)C(=O)O. The number of aliphatic carboxylic acids is 1. The van der Waals surface area contributed by atoms with Gasteiger partial charge in [0.05, 0.1) is 5.56 Å². The van der Waals surface area contributed by atoms with E-state index in [0.29, 0.717) is 0 Å². The molecule has 0 amide bonds. The van der Waals surface area contributed by atoms with Crippen molar-refractivity contribution < 1.29 is 37.7 Å². The summed E-state index contributed by atoms with van der Waals surface area (Å²) in [6.07, 6.45) is -7.14. The second-order valence-electron chi connectivity index (χ2n) is 3.17. The fraction of sp³-hybridized carbons (Fsp3) is 0.200. The molecule has 0 heterocycles. The average molecular weight is 264 g/mol. The van der Waals surface area contributed by atoms with Gasteiger partial charge in [0, 0.05) is 5.56 Å². The van der Waals surface area contributed by atoms with Crippen LogP contribution in [0.4, 0.5) is 13.2 Å². The number of aldehydes is 1. The number of ether oxygens (including phenoxy) is 1. The van der Waals surface area contributed by atoms with Crippen molar-refractivity contribution in [1.82, 2.24) is 0 Å². The van der Waals surface area contributed by atoms with Gasteiger partial charge in [-0.25, -0.2) is 4.79 Å². The number of carbonyl (C=O) groups is 2. The lowest BCUT2D eigenvalue weighted by molar-refractivity contribution is -0.274. The first-order chi connectivity index (χ1) is 8.26. The van der Waals surface area contributed by atoms with Crippen LogP contribution < -0.4 is 4.74 Å². The summed E-state index contributed by atoms with van der Waals surface area (Å²) < 4.78 is 39.7. The summed E-state index contributed by atoms with van der Waals surface area (Å²) in [5.41, 5.74) is -1.14. The summed E-state index contributed by atoms with van der Waals surface area (Å²) in [5, 5.41) is 17.8. The fourth-order valence-electron chi connectivity index (χ4n) is 1.27. The van der Waals surface area contributed by atoms with Gasteiger partial charge in [-0.05, 0) is 6.07 Å². The Morgan fingerprint density at radius 3 is 2.44 bits per heavy atom. The molecule has 18 heavy (non-hydrogen) atoms. The van der Waals surface area contributed by atoms with Crippen LogP contribution in [0.15, 0.2) is 18.2 Å². The largest absolute Gasteiger partial charge is 0.573 e. The van der Waals surface area contributed by atoms with E-state index in [9.17, 15) is 27.9 Å². The third-order valence-corrected chi connectivity index (χ3v) is 1.97. The molecule has 8 heteroatoms. The number of alkyl halides is 3. The zero-order valence-electron chi connectivity index (χ0n) is 8.64. The van der Waals surface area contributed by atoms with Crippen molar-refractivity contribution in [2.24, 2.45) is 0 Å². The molecule has 0 aliphatic carbocycles. The lowest BCUT2D eigenvalue weighted by Gasteiger charge is -2.14. The van der Waals surface area contributed by atoms with Crippen molar-refractivity contribution in [3.05, 3.63) is 29.3 Å². The second-order valence-corrected chi connectivity index (χ2v) is 3.17. The van der Waals surface area contributed by atoms with E-state index < -0.39 is 35.3 Å². The maximum absolute atomic E-state index is 12.0. The molecule has 1 atom stereocenters. The minimum Gasteiger partial charge on any atom is -0.479 e. The van der Waals surface area contributed by atoms with Gasteiger partial charge in [-0.1, -0.05) is 12.1 Å². The van der Waals surface area contributed by atoms with Crippen LogP contribution in [0.5, 0.6) is 5.75 Å². The molecular weight excluding hydrogens is 257 g/mol. The van der Waals surface area contributed by atoms with Crippen LogP contribution in [0, 0.1) is 0 Å². The van der Waals surface area contributed by atoms with Crippen LogP contribution in [0.2, 0.25) is 0 Å². The molecule has 0 fully saturated rings. The molecule has 0 spiro atoms. The molecule has 1 aromatic carbocycles. The van der Waals surface area contributed by atoms with Crippen LogP contribution in [-0.4, -0.2) is 28.8 Å². The highest BCUT2D eigenvalue weighted by Gasteiger charge is 2.33. The summed E-state index contributed by atoms with van der Waals surface area (Å²) in [6.45, 7) is 0. The Kier molecular flexibility index (Phi) is 3.92. The van der Waals surface area contributed by atoms with E-state index in [1.165, 1.54) is 0 Å². The summed E-state index contributed by atoms with van der Waals surface area (Å²) >= 11 is 0. The Labute approximate surface area is 98.4 Å². The molecular formula is C10H7F3O5. The van der Waals surface area contributed by atoms with Gasteiger partial charge >= 0.3 is 12.3 Å². The summed E-state index contributed by atoms with van der Waals surface area (Å²) in [5.74, 6) is -2.56. The van der Waals surface area contributed by atoms with Crippen LogP contribution in [-0.2, 0) is 4.79 Å². The molecule has 0 aromatic heterocycles. The van der Waals surface area contributed by atoms with Crippen LogP contribution >= 0.6 is 0 Å². The molecule has 5 nitrogen and oxygen atoms in total. The van der Waals surface area contributed by atoms with E-state index in [4.69, 9.17) is 5.11 Å². The van der Waals surface area contributed by atoms with Crippen molar-refractivity contribution >= 4 is 12.3 Å². The van der Waals surface area contributed by atoms with Crippen molar-refractivity contribution in [3.8, 4) is 5.75 Å². The second kappa shape index (κ2) is 5.05. The number of carbonyl (C=O) groups excluding carboxylic acids is 1. The number of hydrogen-bond donors (Lipinski definition) is 2. The highest BCUT2D eigenvalue weighted by molar-refractivity contribution is 5.86. The predicted octanol–water partition coefficient (Wildman–Crippen LogP) is 1.52. The van der Waals surface area contributed by atoms with Crippen LogP contribution in [0.1, 0.15) is 22.0 Å². The summed E-state index contributed by atoms with van der Waals surface area (Å²) in [4.78, 5) is 21.2. The first-order valence-electron chi connectivity index (χ1n) is 4.51. The molecule has 0 saturated heterocycles. The number of benzene rings is 1. The van der Waals surface area contributed by atoms with E-state index in [0.717, 1.165) is 18.2 Å². The van der Waals surface area contributed by atoms with Gasteiger partial charge in [0.1, 0.15) is 5.75 Å². The van der Waals surface area contributed by atoms with E-state index in [1.54, 1.807) is 0 Å². The Hall–Kier alpha value is -2.09. The third kappa shape index (κ3) is 3.20. The van der Waals surface area contributed by atoms with Gasteiger partial charge in [-0.2, -0.15) is 0 Å². The fourth-order valence-corrected chi connectivity index (χ4v) is 1.27. The Balaban J connectivity index is 3.26. The average Bonchev–Trinajstić information content (AvgIpc) is 2.25. The molecule has 1 unspecified atom stereocenters. The number of aliphatic hydroxyl groups excluding tert-OH is 1. The van der Waals surface area contributed by atoms with E-state index in [2.05, 4.69) is 4.74 Å². The van der Waals surface area contributed by atoms with E-state index in [1.807, 2.05) is 0 Å². The number of hydrogen-bond acceptors (Lipinski definition) is 4. The molecule has 0 bridgehead atoms.